The largest absolute Gasteiger partial charge is 0.405 e. The van der Waals surface area contributed by atoms with Crippen LogP contribution in [0, 0.1) is 0 Å². The van der Waals surface area contributed by atoms with Gasteiger partial charge in [0.1, 0.15) is 24.4 Å². The number of aliphatic hydroxyl groups excluding tert-OH is 1. The Labute approximate surface area is 294 Å². The van der Waals surface area contributed by atoms with Crippen molar-refractivity contribution in [3.05, 3.63) is 60.7 Å². The van der Waals surface area contributed by atoms with Crippen molar-refractivity contribution in [2.75, 3.05) is 6.61 Å². The van der Waals surface area contributed by atoms with Crippen LogP contribution in [0.3, 0.4) is 0 Å². The van der Waals surface area contributed by atoms with Gasteiger partial charge in [0, 0.05) is 0 Å². The van der Waals surface area contributed by atoms with Gasteiger partial charge in [-0.3, -0.25) is 0 Å². The van der Waals surface area contributed by atoms with E-state index < -0.39 is 26.3 Å². The van der Waals surface area contributed by atoms with Gasteiger partial charge in [0.05, 0.1) is 12.7 Å². The fraction of sp³-hybridized carbons (Fsp3) is 0.714. The van der Waals surface area contributed by atoms with Crippen molar-refractivity contribution in [2.45, 2.75) is 186 Å². The molecule has 0 spiro atoms. The van der Waals surface area contributed by atoms with Crippen molar-refractivity contribution in [3.63, 3.8) is 0 Å². The van der Waals surface area contributed by atoms with Crippen molar-refractivity contribution in [1.82, 2.24) is 0 Å². The topological polar surface area (TPSA) is 57.2 Å². The Hall–Kier alpha value is -1.54. The summed E-state index contributed by atoms with van der Waals surface area (Å²) in [5, 5.41) is 13.8. The van der Waals surface area contributed by atoms with Crippen LogP contribution >= 0.6 is 0 Å². The van der Waals surface area contributed by atoms with E-state index in [2.05, 4.69) is 88.4 Å². The molecule has 5 nitrogen and oxygen atoms in total. The van der Waals surface area contributed by atoms with E-state index in [1.54, 1.807) is 0 Å². The van der Waals surface area contributed by atoms with Crippen molar-refractivity contribution < 1.29 is 23.7 Å². The van der Waals surface area contributed by atoms with E-state index in [1.165, 1.54) is 100 Å². The average molecular weight is 681 g/mol. The van der Waals surface area contributed by atoms with Crippen LogP contribution in [0.5, 0.6) is 0 Å². The lowest BCUT2D eigenvalue weighted by Gasteiger charge is -2.46. The maximum Gasteiger partial charge on any atom is 0.261 e. The lowest BCUT2D eigenvalue weighted by atomic mass is 9.92. The highest BCUT2D eigenvalue weighted by Crippen LogP contribution is 2.41. The number of rotatable bonds is 21. The van der Waals surface area contributed by atoms with Crippen LogP contribution in [0.1, 0.15) is 144 Å². The van der Waals surface area contributed by atoms with Gasteiger partial charge >= 0.3 is 0 Å². The molecule has 2 aliphatic rings. The lowest BCUT2D eigenvalue weighted by Crippen LogP contribution is -2.68. The molecule has 1 N–H and O–H groups in total. The lowest BCUT2D eigenvalue weighted by molar-refractivity contribution is -0.196. The van der Waals surface area contributed by atoms with E-state index >= 15 is 0 Å². The van der Waals surface area contributed by atoms with Crippen LogP contribution in [0.4, 0.5) is 0 Å². The molecule has 2 aromatic rings. The molecule has 270 valence electrons. The smallest absolute Gasteiger partial charge is 0.261 e. The summed E-state index contributed by atoms with van der Waals surface area (Å²) in [5.41, 5.74) is 0. The first-order valence-corrected chi connectivity index (χ1v) is 21.4. The van der Waals surface area contributed by atoms with Crippen molar-refractivity contribution in [2.24, 2.45) is 0 Å². The molecule has 0 aliphatic carbocycles. The van der Waals surface area contributed by atoms with Gasteiger partial charge in [-0.15, -0.1) is 0 Å². The van der Waals surface area contributed by atoms with Crippen LogP contribution in [-0.2, 0) is 18.6 Å². The minimum absolute atomic E-state index is 0.136. The molecule has 4 rings (SSSR count). The Balaban J connectivity index is 1.30. The summed E-state index contributed by atoms with van der Waals surface area (Å²) in [5.74, 6) is -0.779. The molecule has 2 aromatic carbocycles. The normalized spacial score (nSPS) is 24.1. The molecule has 0 radical (unpaired) electrons. The van der Waals surface area contributed by atoms with Crippen LogP contribution in [-0.4, -0.2) is 56.3 Å². The number of hydrogen-bond acceptors (Lipinski definition) is 5. The number of unbranched alkanes of at least 4 members (excludes halogenated alkanes) is 14. The fourth-order valence-electron chi connectivity index (χ4n) is 8.02. The highest BCUT2D eigenvalue weighted by Gasteiger charge is 2.56. The van der Waals surface area contributed by atoms with E-state index in [-0.39, 0.29) is 23.4 Å². The van der Waals surface area contributed by atoms with E-state index in [4.69, 9.17) is 18.6 Å². The minimum Gasteiger partial charge on any atom is -0.405 e. The Bertz CT molecular complexity index is 1110. The summed E-state index contributed by atoms with van der Waals surface area (Å²) in [6.45, 7) is 13.4. The van der Waals surface area contributed by atoms with Crippen molar-refractivity contribution in [3.8, 4) is 0 Å². The molecule has 2 heterocycles. The summed E-state index contributed by atoms with van der Waals surface area (Å²) in [4.78, 5) is 0. The molecule has 0 amide bonds. The quantitative estimate of drug-likeness (QED) is 0.105. The zero-order valence-electron chi connectivity index (χ0n) is 31.3. The number of fused-ring (bicyclic) bond motifs is 1. The van der Waals surface area contributed by atoms with E-state index in [0.717, 1.165) is 12.8 Å². The molecule has 2 saturated heterocycles. The zero-order chi connectivity index (χ0) is 34.5. The molecule has 48 heavy (non-hydrogen) atoms. The molecule has 5 atom stereocenters. The minimum atomic E-state index is -2.75. The zero-order valence-corrected chi connectivity index (χ0v) is 32.3. The molecule has 2 fully saturated rings. The summed E-state index contributed by atoms with van der Waals surface area (Å²) in [6, 6.07) is 21.5. The molecule has 0 unspecified atom stereocenters. The molecular weight excluding hydrogens is 613 g/mol. The van der Waals surface area contributed by atoms with Gasteiger partial charge in [0.15, 0.2) is 5.79 Å². The fourth-order valence-corrected chi connectivity index (χ4v) is 12.6. The van der Waals surface area contributed by atoms with E-state index in [9.17, 15) is 5.11 Å². The molecular formula is C42H68O5Si. The summed E-state index contributed by atoms with van der Waals surface area (Å²) < 4.78 is 26.8. The number of aliphatic hydroxyl groups is 1. The first kappa shape index (κ1) is 39.2. The summed E-state index contributed by atoms with van der Waals surface area (Å²) in [6.07, 6.45) is 18.8. The van der Waals surface area contributed by atoms with Gasteiger partial charge in [-0.2, -0.15) is 0 Å². The second kappa shape index (κ2) is 19.2. The monoisotopic (exact) mass is 680 g/mol. The van der Waals surface area contributed by atoms with Gasteiger partial charge in [0.25, 0.3) is 8.32 Å². The van der Waals surface area contributed by atoms with Crippen LogP contribution in [0.2, 0.25) is 5.04 Å². The standard InChI is InChI=1S/C42H68O5Si/c1-7-8-9-10-11-12-13-14-15-16-17-18-19-20-27-32-36-38(43)40-39(46-42(5,6)47-40)37(45-36)33-44-48(41(2,3)4,34-28-23-21-24-29-34)35-30-25-22-26-31-35/h21-26,28-31,36-40,43H,7-20,27,32-33H2,1-6H3/t36-,37+,38-,39-,40+/m0/s1. The van der Waals surface area contributed by atoms with Gasteiger partial charge in [0.2, 0.25) is 0 Å². The highest BCUT2D eigenvalue weighted by atomic mass is 28.4. The van der Waals surface area contributed by atoms with Crippen LogP contribution < -0.4 is 10.4 Å². The van der Waals surface area contributed by atoms with E-state index in [0.29, 0.717) is 6.61 Å². The second-order valence-electron chi connectivity index (χ2n) is 16.0. The maximum atomic E-state index is 11.5. The Morgan fingerprint density at radius 2 is 1.08 bits per heavy atom. The Morgan fingerprint density at radius 1 is 0.646 bits per heavy atom. The second-order valence-corrected chi connectivity index (χ2v) is 20.3. The van der Waals surface area contributed by atoms with Crippen LogP contribution in [0.25, 0.3) is 0 Å². The first-order valence-electron chi connectivity index (χ1n) is 19.5. The molecule has 0 bridgehead atoms. The molecule has 6 heteroatoms. The maximum absolute atomic E-state index is 11.5. The number of ether oxygens (including phenoxy) is 3. The predicted molar refractivity (Wildman–Crippen MR) is 202 cm³/mol. The van der Waals surface area contributed by atoms with Crippen LogP contribution in [0.15, 0.2) is 60.7 Å². The molecule has 2 aliphatic heterocycles. The SMILES string of the molecule is CCCCCCCCCCCCCCCCC[C@@H]1O[C@H](CO[Si](c2ccccc2)(c2ccccc2)C(C)(C)C)[C@@H]2OC(C)(C)O[C@@H]2[C@H]1O. The first-order chi connectivity index (χ1) is 23.1. The summed E-state index contributed by atoms with van der Waals surface area (Å²) in [7, 11) is -2.75. The van der Waals surface area contributed by atoms with Gasteiger partial charge in [-0.1, -0.05) is 185 Å². The Kier molecular flexibility index (Phi) is 15.7. The number of benzene rings is 2. The third-order valence-corrected chi connectivity index (χ3v) is 15.6. The molecule has 0 saturated carbocycles. The van der Waals surface area contributed by atoms with E-state index in [1.807, 2.05) is 13.8 Å². The van der Waals surface area contributed by atoms with Crippen molar-refractivity contribution in [1.29, 1.82) is 0 Å². The van der Waals surface area contributed by atoms with Gasteiger partial charge < -0.3 is 23.7 Å². The number of hydrogen-bond donors (Lipinski definition) is 1. The summed E-state index contributed by atoms with van der Waals surface area (Å²) >= 11 is 0. The van der Waals surface area contributed by atoms with Crippen molar-refractivity contribution >= 4 is 18.7 Å². The Morgan fingerprint density at radius 3 is 1.54 bits per heavy atom. The average Bonchev–Trinajstić information content (AvgIpc) is 3.40. The highest BCUT2D eigenvalue weighted by molar-refractivity contribution is 6.99. The third kappa shape index (κ3) is 10.7. The third-order valence-electron chi connectivity index (χ3n) is 10.6. The van der Waals surface area contributed by atoms with Gasteiger partial charge in [-0.25, -0.2) is 0 Å². The predicted octanol–water partition coefficient (Wildman–Crippen LogP) is 9.47. The van der Waals surface area contributed by atoms with Gasteiger partial charge in [-0.05, 0) is 35.7 Å². The molecule has 0 aromatic heterocycles.